The maximum Gasteiger partial charge on any atom is 0.319 e. The van der Waals surface area contributed by atoms with Crippen molar-refractivity contribution in [2.24, 2.45) is 7.05 Å². The van der Waals surface area contributed by atoms with Crippen LogP contribution in [0.3, 0.4) is 0 Å². The molecule has 196 valence electrons. The van der Waals surface area contributed by atoms with E-state index in [1.807, 2.05) is 24.3 Å². The van der Waals surface area contributed by atoms with Crippen LogP contribution in [-0.2, 0) is 16.6 Å². The van der Waals surface area contributed by atoms with Gasteiger partial charge < -0.3 is 34.5 Å². The van der Waals surface area contributed by atoms with E-state index in [-0.39, 0.29) is 24.5 Å². The highest BCUT2D eigenvalue weighted by atomic mass is 16.5. The molecule has 1 aromatic heterocycles. The first kappa shape index (κ1) is 27.1. The zero-order valence-corrected chi connectivity index (χ0v) is 21.5. The first-order valence-corrected chi connectivity index (χ1v) is 11.6. The zero-order valence-electron chi connectivity index (χ0n) is 21.5. The summed E-state index contributed by atoms with van der Waals surface area (Å²) in [5.74, 6) is 0.373. The Morgan fingerprint density at radius 1 is 1.08 bits per heavy atom. The predicted octanol–water partition coefficient (Wildman–Crippen LogP) is 3.90. The third-order valence-electron chi connectivity index (χ3n) is 5.88. The second-order valence-corrected chi connectivity index (χ2v) is 8.26. The van der Waals surface area contributed by atoms with Crippen LogP contribution in [0.2, 0.25) is 0 Å². The van der Waals surface area contributed by atoms with Crippen LogP contribution in [0.1, 0.15) is 30.6 Å². The number of methoxy groups -OCH3 is 2. The summed E-state index contributed by atoms with van der Waals surface area (Å²) < 4.78 is 17.3. The van der Waals surface area contributed by atoms with E-state index in [1.54, 1.807) is 46.3 Å². The summed E-state index contributed by atoms with van der Waals surface area (Å²) in [6.07, 6.45) is -0.164. The number of aromatic nitrogens is 1. The highest BCUT2D eigenvalue weighted by molar-refractivity contribution is 5.91. The number of nitrogens with zero attached hydrogens (tertiary/aromatic N) is 1. The average Bonchev–Trinajstić information content (AvgIpc) is 2.89. The van der Waals surface area contributed by atoms with Gasteiger partial charge >= 0.3 is 12.0 Å². The largest absolute Gasteiger partial charge is 0.505 e. The van der Waals surface area contributed by atoms with E-state index < -0.39 is 23.6 Å². The molecule has 3 N–H and O–H groups in total. The van der Waals surface area contributed by atoms with Crippen LogP contribution in [0.25, 0.3) is 11.1 Å². The van der Waals surface area contributed by atoms with Crippen molar-refractivity contribution >= 4 is 17.7 Å². The number of nitrogens with one attached hydrogen (secondary N) is 2. The van der Waals surface area contributed by atoms with Crippen molar-refractivity contribution in [2.75, 3.05) is 26.1 Å². The van der Waals surface area contributed by atoms with Crippen molar-refractivity contribution in [2.45, 2.75) is 26.3 Å². The molecule has 3 rings (SSSR count). The molecule has 0 radical (unpaired) electrons. The molecule has 10 heteroatoms. The summed E-state index contributed by atoms with van der Waals surface area (Å²) in [6.45, 7) is 3.53. The molecular weight excluding hydrogens is 478 g/mol. The van der Waals surface area contributed by atoms with E-state index in [1.165, 1.54) is 17.7 Å². The van der Waals surface area contributed by atoms with Gasteiger partial charge in [0, 0.05) is 24.4 Å². The normalized spacial score (nSPS) is 11.4. The number of carbonyl (C=O) groups excluding carboxylic acids is 2. The number of rotatable bonds is 9. The summed E-state index contributed by atoms with van der Waals surface area (Å²) >= 11 is 0. The third kappa shape index (κ3) is 6.40. The van der Waals surface area contributed by atoms with Crippen molar-refractivity contribution < 1.29 is 28.9 Å². The summed E-state index contributed by atoms with van der Waals surface area (Å²) in [5.41, 5.74) is 1.82. The Morgan fingerprint density at radius 3 is 2.51 bits per heavy atom. The summed E-state index contributed by atoms with van der Waals surface area (Å²) in [6, 6.07) is 12.5. The number of urea groups is 1. The number of hydrogen-bond donors (Lipinski definition) is 3. The highest BCUT2D eigenvalue weighted by Gasteiger charge is 2.23. The van der Waals surface area contributed by atoms with Gasteiger partial charge in [0.05, 0.1) is 33.3 Å². The summed E-state index contributed by atoms with van der Waals surface area (Å²) in [7, 11) is 4.65. The van der Waals surface area contributed by atoms with E-state index in [4.69, 9.17) is 14.2 Å². The summed E-state index contributed by atoms with van der Waals surface area (Å²) in [5, 5.41) is 15.4. The first-order chi connectivity index (χ1) is 17.7. The van der Waals surface area contributed by atoms with E-state index in [2.05, 4.69) is 10.6 Å². The molecule has 10 nitrogen and oxygen atoms in total. The molecule has 2 amide bonds. The minimum absolute atomic E-state index is 0.164. The minimum Gasteiger partial charge on any atom is -0.505 e. The summed E-state index contributed by atoms with van der Waals surface area (Å²) in [4.78, 5) is 37.9. The molecule has 0 aliphatic heterocycles. The molecule has 1 atom stereocenters. The molecule has 0 aliphatic carbocycles. The Kier molecular flexibility index (Phi) is 8.78. The van der Waals surface area contributed by atoms with Gasteiger partial charge in [0.15, 0.2) is 5.69 Å². The Labute approximate surface area is 214 Å². The third-order valence-corrected chi connectivity index (χ3v) is 5.88. The number of hydrogen-bond acceptors (Lipinski definition) is 7. The van der Waals surface area contributed by atoms with Crippen molar-refractivity contribution in [3.8, 4) is 28.4 Å². The molecule has 0 aliphatic rings. The lowest BCUT2D eigenvalue weighted by molar-refractivity contribution is -0.143. The molecule has 0 unspecified atom stereocenters. The fourth-order valence-corrected chi connectivity index (χ4v) is 3.83. The number of ether oxygens (including phenoxy) is 3. The fourth-order valence-electron chi connectivity index (χ4n) is 3.83. The highest BCUT2D eigenvalue weighted by Crippen LogP contribution is 2.35. The number of esters is 1. The van der Waals surface area contributed by atoms with Crippen molar-refractivity contribution in [3.63, 3.8) is 0 Å². The fraction of sp³-hybridized carbons (Fsp3) is 0.296. The Balaban J connectivity index is 1.97. The Bertz CT molecular complexity index is 1350. The molecule has 3 aromatic rings. The molecular formula is C27H31N3O7. The van der Waals surface area contributed by atoms with Crippen LogP contribution in [-0.4, -0.2) is 42.5 Å². The SMILES string of the molecule is CCOC(=O)C[C@H](NC(=O)Nc1c(O)cc(C)n(C)c1=O)c1ccc(OC)c(-c2cccc(OC)c2)c1. The Morgan fingerprint density at radius 2 is 1.84 bits per heavy atom. The monoisotopic (exact) mass is 509 g/mol. The number of aromatic hydroxyl groups is 1. The maximum atomic E-state index is 12.9. The molecule has 1 heterocycles. The van der Waals surface area contributed by atoms with Crippen molar-refractivity contribution in [1.82, 2.24) is 9.88 Å². The predicted molar refractivity (Wildman–Crippen MR) is 139 cm³/mol. The van der Waals surface area contributed by atoms with E-state index in [9.17, 15) is 19.5 Å². The lowest BCUT2D eigenvalue weighted by atomic mass is 9.96. The topological polar surface area (TPSA) is 128 Å². The molecule has 37 heavy (non-hydrogen) atoms. The maximum absolute atomic E-state index is 12.9. The van der Waals surface area contributed by atoms with Gasteiger partial charge in [0.25, 0.3) is 5.56 Å². The van der Waals surface area contributed by atoms with E-state index in [0.29, 0.717) is 22.8 Å². The van der Waals surface area contributed by atoms with Crippen LogP contribution in [0.15, 0.2) is 53.3 Å². The van der Waals surface area contributed by atoms with Crippen LogP contribution < -0.4 is 25.7 Å². The van der Waals surface area contributed by atoms with Crippen LogP contribution >= 0.6 is 0 Å². The van der Waals surface area contributed by atoms with E-state index in [0.717, 1.165) is 11.1 Å². The van der Waals surface area contributed by atoms with E-state index >= 15 is 0 Å². The molecule has 0 saturated carbocycles. The second-order valence-electron chi connectivity index (χ2n) is 8.26. The lowest BCUT2D eigenvalue weighted by Gasteiger charge is -2.21. The second kappa shape index (κ2) is 12.0. The number of aryl methyl sites for hydroxylation is 1. The lowest BCUT2D eigenvalue weighted by Crippen LogP contribution is -2.36. The quantitative estimate of drug-likeness (QED) is 0.373. The van der Waals surface area contributed by atoms with Gasteiger partial charge in [-0.3, -0.25) is 9.59 Å². The van der Waals surface area contributed by atoms with Gasteiger partial charge in [-0.1, -0.05) is 18.2 Å². The van der Waals surface area contributed by atoms with Gasteiger partial charge in [-0.25, -0.2) is 4.79 Å². The number of benzene rings is 2. The van der Waals surface area contributed by atoms with Gasteiger partial charge in [-0.2, -0.15) is 0 Å². The van der Waals surface area contributed by atoms with Gasteiger partial charge in [0.2, 0.25) is 0 Å². The zero-order chi connectivity index (χ0) is 27.1. The average molecular weight is 510 g/mol. The first-order valence-electron chi connectivity index (χ1n) is 11.6. The molecule has 0 spiro atoms. The van der Waals surface area contributed by atoms with Gasteiger partial charge in [-0.05, 0) is 49.2 Å². The molecule has 0 bridgehead atoms. The van der Waals surface area contributed by atoms with Crippen molar-refractivity contribution in [3.05, 3.63) is 70.1 Å². The molecule has 0 saturated heterocycles. The van der Waals surface area contributed by atoms with Crippen molar-refractivity contribution in [1.29, 1.82) is 0 Å². The number of anilines is 1. The van der Waals surface area contributed by atoms with Gasteiger partial charge in [0.1, 0.15) is 17.2 Å². The van der Waals surface area contributed by atoms with Crippen LogP contribution in [0.4, 0.5) is 10.5 Å². The minimum atomic E-state index is -0.814. The number of amides is 2. The van der Waals surface area contributed by atoms with Crippen LogP contribution in [0, 0.1) is 6.92 Å². The smallest absolute Gasteiger partial charge is 0.319 e. The van der Waals surface area contributed by atoms with Gasteiger partial charge in [-0.15, -0.1) is 0 Å². The molecule has 0 fully saturated rings. The van der Waals surface area contributed by atoms with Crippen LogP contribution in [0.5, 0.6) is 17.2 Å². The number of carbonyl (C=O) groups is 2. The Hall–Kier alpha value is -4.47. The molecule has 2 aromatic carbocycles. The standard InChI is InChI=1S/C27H31N3O7/c1-6-37-24(32)15-21(28-27(34)29-25-22(31)12-16(2)30(3)26(25)33)18-10-11-23(36-5)20(14-18)17-8-7-9-19(13-17)35-4/h7-14,21,31H,6,15H2,1-5H3,(H2,28,29,34)/t21-/m0/s1. The number of pyridine rings is 1.